The van der Waals surface area contributed by atoms with Gasteiger partial charge in [0.1, 0.15) is 0 Å². The zero-order chi connectivity index (χ0) is 18.4. The standard InChI is InChI=1S/C19H24N4O2S/c20-19(22-17-10-3-1-4-11-17)21-15-16-9-5-6-12-18(16)26(24,25)23-13-7-2-8-14-23/h1,3-6,9-12H,2,7-8,13-15H2,(H3,20,21,22). The molecule has 0 radical (unpaired) electrons. The van der Waals surface area contributed by atoms with Crippen molar-refractivity contribution in [2.24, 2.45) is 10.7 Å². The smallest absolute Gasteiger partial charge is 0.243 e. The van der Waals surface area contributed by atoms with Crippen molar-refractivity contribution in [3.8, 4) is 0 Å². The monoisotopic (exact) mass is 372 g/mol. The van der Waals surface area contributed by atoms with Crippen molar-refractivity contribution in [1.82, 2.24) is 4.31 Å². The summed E-state index contributed by atoms with van der Waals surface area (Å²) in [5.41, 5.74) is 7.42. The van der Waals surface area contributed by atoms with Gasteiger partial charge in [0, 0.05) is 18.8 Å². The predicted octanol–water partition coefficient (Wildman–Crippen LogP) is 2.79. The Labute approximate surface area is 154 Å². The molecular formula is C19H24N4O2S. The number of rotatable bonds is 5. The molecule has 1 saturated heterocycles. The molecule has 3 rings (SSSR count). The summed E-state index contributed by atoms with van der Waals surface area (Å²) in [6.07, 6.45) is 2.90. The van der Waals surface area contributed by atoms with Crippen LogP contribution in [0.4, 0.5) is 5.69 Å². The number of sulfonamides is 1. The Morgan fingerprint density at radius 2 is 1.65 bits per heavy atom. The molecule has 3 N–H and O–H groups in total. The second-order valence-electron chi connectivity index (χ2n) is 6.26. The lowest BCUT2D eigenvalue weighted by Crippen LogP contribution is -2.36. The fraction of sp³-hybridized carbons (Fsp3) is 0.316. The summed E-state index contributed by atoms with van der Waals surface area (Å²) in [5.74, 6) is 0.251. The molecule has 0 aliphatic carbocycles. The molecule has 0 atom stereocenters. The van der Waals surface area contributed by atoms with Crippen molar-refractivity contribution in [3.63, 3.8) is 0 Å². The molecule has 1 aliphatic rings. The summed E-state index contributed by atoms with van der Waals surface area (Å²) in [6.45, 7) is 1.37. The third-order valence-corrected chi connectivity index (χ3v) is 6.37. The van der Waals surface area contributed by atoms with Gasteiger partial charge >= 0.3 is 0 Å². The van der Waals surface area contributed by atoms with Crippen LogP contribution in [-0.2, 0) is 16.6 Å². The predicted molar refractivity (Wildman–Crippen MR) is 104 cm³/mol. The first-order valence-corrected chi connectivity index (χ1v) is 10.2. The van der Waals surface area contributed by atoms with E-state index in [1.54, 1.807) is 22.5 Å². The molecule has 0 saturated carbocycles. The minimum Gasteiger partial charge on any atom is -0.370 e. The summed E-state index contributed by atoms with van der Waals surface area (Å²) in [7, 11) is -3.50. The van der Waals surface area contributed by atoms with Gasteiger partial charge in [-0.3, -0.25) is 0 Å². The van der Waals surface area contributed by atoms with E-state index in [9.17, 15) is 8.42 Å². The summed E-state index contributed by atoms with van der Waals surface area (Å²) in [6, 6.07) is 16.5. The number of para-hydroxylation sites is 1. The van der Waals surface area contributed by atoms with Gasteiger partial charge in [-0.2, -0.15) is 4.31 Å². The van der Waals surface area contributed by atoms with Gasteiger partial charge in [-0.15, -0.1) is 0 Å². The topological polar surface area (TPSA) is 87.8 Å². The third-order valence-electron chi connectivity index (χ3n) is 4.37. The minimum absolute atomic E-state index is 0.203. The zero-order valence-corrected chi connectivity index (χ0v) is 15.5. The molecule has 2 aromatic carbocycles. The Balaban J connectivity index is 1.78. The molecular weight excluding hydrogens is 348 g/mol. The van der Waals surface area contributed by atoms with Gasteiger partial charge in [-0.1, -0.05) is 42.8 Å². The van der Waals surface area contributed by atoms with Crippen LogP contribution in [0.2, 0.25) is 0 Å². The van der Waals surface area contributed by atoms with Gasteiger partial charge in [-0.25, -0.2) is 13.4 Å². The van der Waals surface area contributed by atoms with Crippen molar-refractivity contribution in [1.29, 1.82) is 0 Å². The highest BCUT2D eigenvalue weighted by Crippen LogP contribution is 2.24. The van der Waals surface area contributed by atoms with Crippen LogP contribution >= 0.6 is 0 Å². The first kappa shape index (κ1) is 18.4. The van der Waals surface area contributed by atoms with Crippen LogP contribution in [0.15, 0.2) is 64.5 Å². The number of hydrogen-bond donors (Lipinski definition) is 2. The van der Waals surface area contributed by atoms with Crippen LogP contribution in [0.5, 0.6) is 0 Å². The number of nitrogens with one attached hydrogen (secondary N) is 1. The quantitative estimate of drug-likeness (QED) is 0.624. The van der Waals surface area contributed by atoms with Gasteiger partial charge in [0.15, 0.2) is 5.96 Å². The fourth-order valence-electron chi connectivity index (χ4n) is 3.01. The molecule has 26 heavy (non-hydrogen) atoms. The summed E-state index contributed by atoms with van der Waals surface area (Å²) in [4.78, 5) is 4.63. The minimum atomic E-state index is -3.50. The van der Waals surface area contributed by atoms with E-state index >= 15 is 0 Å². The summed E-state index contributed by atoms with van der Waals surface area (Å²) < 4.78 is 27.5. The molecule has 0 aromatic heterocycles. The van der Waals surface area contributed by atoms with Crippen molar-refractivity contribution in [3.05, 3.63) is 60.2 Å². The second kappa shape index (κ2) is 8.33. The van der Waals surface area contributed by atoms with Crippen molar-refractivity contribution >= 4 is 21.7 Å². The maximum absolute atomic E-state index is 13.0. The molecule has 0 spiro atoms. The highest BCUT2D eigenvalue weighted by atomic mass is 32.2. The largest absolute Gasteiger partial charge is 0.370 e. The van der Waals surface area contributed by atoms with E-state index in [2.05, 4.69) is 10.3 Å². The van der Waals surface area contributed by atoms with Crippen LogP contribution in [0, 0.1) is 0 Å². The number of nitrogens with two attached hydrogens (primary N) is 1. The number of anilines is 1. The summed E-state index contributed by atoms with van der Waals surface area (Å²) >= 11 is 0. The first-order chi connectivity index (χ1) is 12.6. The van der Waals surface area contributed by atoms with Gasteiger partial charge in [-0.05, 0) is 36.6 Å². The summed E-state index contributed by atoms with van der Waals surface area (Å²) in [5, 5.41) is 3.00. The van der Waals surface area contributed by atoms with Crippen LogP contribution in [-0.4, -0.2) is 31.8 Å². The lowest BCUT2D eigenvalue weighted by Gasteiger charge is -2.26. The normalized spacial score (nSPS) is 16.4. The molecule has 2 aromatic rings. The van der Waals surface area contributed by atoms with Gasteiger partial charge in [0.25, 0.3) is 0 Å². The number of piperidine rings is 1. The van der Waals surface area contributed by atoms with Gasteiger partial charge < -0.3 is 11.1 Å². The zero-order valence-electron chi connectivity index (χ0n) is 14.6. The van der Waals surface area contributed by atoms with E-state index in [1.165, 1.54) is 0 Å². The molecule has 1 fully saturated rings. The molecule has 0 bridgehead atoms. The average Bonchev–Trinajstić information content (AvgIpc) is 2.68. The Morgan fingerprint density at radius 3 is 2.38 bits per heavy atom. The number of hydrogen-bond acceptors (Lipinski definition) is 3. The van der Waals surface area contributed by atoms with E-state index < -0.39 is 10.0 Å². The van der Waals surface area contributed by atoms with Crippen molar-refractivity contribution < 1.29 is 8.42 Å². The lowest BCUT2D eigenvalue weighted by atomic mass is 10.2. The molecule has 0 unspecified atom stereocenters. The van der Waals surface area contributed by atoms with E-state index in [1.807, 2.05) is 36.4 Å². The molecule has 1 heterocycles. The Hall–Kier alpha value is -2.38. The van der Waals surface area contributed by atoms with Crippen LogP contribution < -0.4 is 11.1 Å². The maximum Gasteiger partial charge on any atom is 0.243 e. The first-order valence-electron chi connectivity index (χ1n) is 8.77. The second-order valence-corrected chi connectivity index (χ2v) is 8.17. The fourth-order valence-corrected chi connectivity index (χ4v) is 4.74. The Kier molecular flexibility index (Phi) is 5.90. The van der Waals surface area contributed by atoms with E-state index in [-0.39, 0.29) is 12.5 Å². The van der Waals surface area contributed by atoms with Crippen LogP contribution in [0.3, 0.4) is 0 Å². The van der Waals surface area contributed by atoms with E-state index in [0.717, 1.165) is 24.9 Å². The van der Waals surface area contributed by atoms with Crippen LogP contribution in [0.1, 0.15) is 24.8 Å². The van der Waals surface area contributed by atoms with Crippen molar-refractivity contribution in [2.75, 3.05) is 18.4 Å². The van der Waals surface area contributed by atoms with Crippen LogP contribution in [0.25, 0.3) is 0 Å². The van der Waals surface area contributed by atoms with Gasteiger partial charge in [0.05, 0.1) is 11.4 Å². The van der Waals surface area contributed by atoms with E-state index in [0.29, 0.717) is 23.5 Å². The Bertz CT molecular complexity index is 860. The Morgan fingerprint density at radius 1 is 1.00 bits per heavy atom. The third kappa shape index (κ3) is 4.42. The van der Waals surface area contributed by atoms with E-state index in [4.69, 9.17) is 5.73 Å². The number of guanidine groups is 1. The molecule has 0 amide bonds. The SMILES string of the molecule is NC(=NCc1ccccc1S(=O)(=O)N1CCCCC1)Nc1ccccc1. The molecule has 6 nitrogen and oxygen atoms in total. The lowest BCUT2D eigenvalue weighted by molar-refractivity contribution is 0.346. The molecule has 1 aliphatic heterocycles. The van der Waals surface area contributed by atoms with Gasteiger partial charge in [0.2, 0.25) is 10.0 Å². The molecule has 138 valence electrons. The average molecular weight is 372 g/mol. The number of nitrogens with zero attached hydrogens (tertiary/aromatic N) is 2. The van der Waals surface area contributed by atoms with Crippen molar-refractivity contribution in [2.45, 2.75) is 30.7 Å². The number of aliphatic imine (C=N–C) groups is 1. The highest BCUT2D eigenvalue weighted by Gasteiger charge is 2.27. The number of benzene rings is 2. The molecule has 7 heteroatoms. The maximum atomic E-state index is 13.0. The highest BCUT2D eigenvalue weighted by molar-refractivity contribution is 7.89.